The van der Waals surface area contributed by atoms with Crippen molar-refractivity contribution < 1.29 is 9.47 Å². The first-order chi connectivity index (χ1) is 8.76. The van der Waals surface area contributed by atoms with Crippen molar-refractivity contribution in [2.75, 3.05) is 20.8 Å². The highest BCUT2D eigenvalue weighted by Gasteiger charge is 2.32. The number of hydrogen-bond donors (Lipinski definition) is 1. The minimum Gasteiger partial charge on any atom is -0.354 e. The second-order valence-electron chi connectivity index (χ2n) is 5.51. The van der Waals surface area contributed by atoms with Crippen molar-refractivity contribution in [3.8, 4) is 0 Å². The summed E-state index contributed by atoms with van der Waals surface area (Å²) in [6, 6.07) is 0.345. The lowest BCUT2D eigenvalue weighted by Gasteiger charge is -2.37. The van der Waals surface area contributed by atoms with Crippen LogP contribution in [0.4, 0.5) is 0 Å². The van der Waals surface area contributed by atoms with Gasteiger partial charge >= 0.3 is 0 Å². The second kappa shape index (κ2) is 8.89. The molecule has 0 amide bonds. The number of ether oxygens (including phenoxy) is 2. The van der Waals surface area contributed by atoms with E-state index >= 15 is 0 Å². The molecule has 1 rings (SSSR count). The topological polar surface area (TPSA) is 30.5 Å². The van der Waals surface area contributed by atoms with E-state index in [9.17, 15) is 0 Å². The van der Waals surface area contributed by atoms with Gasteiger partial charge in [0.1, 0.15) is 0 Å². The van der Waals surface area contributed by atoms with Crippen molar-refractivity contribution in [3.05, 3.63) is 0 Å². The molecule has 1 unspecified atom stereocenters. The zero-order chi connectivity index (χ0) is 13.4. The van der Waals surface area contributed by atoms with E-state index in [1.54, 1.807) is 14.2 Å². The Balaban J connectivity index is 2.53. The van der Waals surface area contributed by atoms with Crippen LogP contribution in [0.3, 0.4) is 0 Å². The first-order valence-corrected chi connectivity index (χ1v) is 7.55. The standard InChI is InChI=1S/C15H31NO2/c1-5-11-16-14(15(17-3)18-4)13-9-7-12(6-2)8-10-13/h12-16H,5-11H2,1-4H3. The highest BCUT2D eigenvalue weighted by molar-refractivity contribution is 4.84. The van der Waals surface area contributed by atoms with E-state index in [-0.39, 0.29) is 6.29 Å². The maximum absolute atomic E-state index is 5.48. The molecular weight excluding hydrogens is 226 g/mol. The zero-order valence-electron chi connectivity index (χ0n) is 12.6. The molecule has 1 N–H and O–H groups in total. The summed E-state index contributed by atoms with van der Waals surface area (Å²) in [5.74, 6) is 1.64. The average molecular weight is 257 g/mol. The largest absolute Gasteiger partial charge is 0.354 e. The van der Waals surface area contributed by atoms with Crippen molar-refractivity contribution in [1.82, 2.24) is 5.32 Å². The predicted molar refractivity (Wildman–Crippen MR) is 75.6 cm³/mol. The zero-order valence-corrected chi connectivity index (χ0v) is 12.6. The van der Waals surface area contributed by atoms with Gasteiger partial charge in [0.05, 0.1) is 6.04 Å². The molecule has 0 aromatic carbocycles. The second-order valence-corrected chi connectivity index (χ2v) is 5.51. The summed E-state index contributed by atoms with van der Waals surface area (Å²) in [7, 11) is 3.49. The van der Waals surface area contributed by atoms with E-state index in [0.29, 0.717) is 12.0 Å². The Hall–Kier alpha value is -0.120. The third-order valence-corrected chi connectivity index (χ3v) is 4.36. The highest BCUT2D eigenvalue weighted by Crippen LogP contribution is 2.33. The monoisotopic (exact) mass is 257 g/mol. The van der Waals surface area contributed by atoms with Crippen LogP contribution >= 0.6 is 0 Å². The Bertz CT molecular complexity index is 199. The molecule has 0 bridgehead atoms. The Kier molecular flexibility index (Phi) is 7.87. The average Bonchev–Trinajstić information content (AvgIpc) is 2.43. The molecule has 1 aliphatic carbocycles. The minimum absolute atomic E-state index is 0.111. The molecule has 1 aliphatic rings. The lowest BCUT2D eigenvalue weighted by Crippen LogP contribution is -2.48. The number of hydrogen-bond acceptors (Lipinski definition) is 3. The summed E-state index contributed by atoms with van der Waals surface area (Å²) >= 11 is 0. The van der Waals surface area contributed by atoms with Crippen LogP contribution in [0.2, 0.25) is 0 Å². The molecule has 0 radical (unpaired) electrons. The smallest absolute Gasteiger partial charge is 0.172 e. The first-order valence-electron chi connectivity index (χ1n) is 7.55. The summed E-state index contributed by atoms with van der Waals surface area (Å²) in [4.78, 5) is 0. The molecular formula is C15H31NO2. The summed E-state index contributed by atoms with van der Waals surface area (Å²) < 4.78 is 11.0. The van der Waals surface area contributed by atoms with Crippen LogP contribution in [-0.2, 0) is 9.47 Å². The maximum Gasteiger partial charge on any atom is 0.172 e. The quantitative estimate of drug-likeness (QED) is 0.677. The molecule has 1 saturated carbocycles. The number of methoxy groups -OCH3 is 2. The fourth-order valence-electron chi connectivity index (χ4n) is 3.14. The molecule has 0 aromatic heterocycles. The lowest BCUT2D eigenvalue weighted by molar-refractivity contribution is -0.136. The van der Waals surface area contributed by atoms with Gasteiger partial charge in [0.25, 0.3) is 0 Å². The van der Waals surface area contributed by atoms with Gasteiger partial charge in [0, 0.05) is 14.2 Å². The van der Waals surface area contributed by atoms with Gasteiger partial charge in [0.2, 0.25) is 0 Å². The van der Waals surface area contributed by atoms with Gasteiger partial charge < -0.3 is 14.8 Å². The third-order valence-electron chi connectivity index (χ3n) is 4.36. The van der Waals surface area contributed by atoms with E-state index in [2.05, 4.69) is 19.2 Å². The molecule has 1 atom stereocenters. The minimum atomic E-state index is -0.111. The van der Waals surface area contributed by atoms with E-state index in [4.69, 9.17) is 9.47 Å². The summed E-state index contributed by atoms with van der Waals surface area (Å²) in [6.07, 6.45) is 7.72. The summed E-state index contributed by atoms with van der Waals surface area (Å²) in [5, 5.41) is 3.62. The van der Waals surface area contributed by atoms with Crippen molar-refractivity contribution in [1.29, 1.82) is 0 Å². The molecule has 0 saturated heterocycles. The SMILES string of the molecule is CCCNC(C1CCC(CC)CC1)C(OC)OC. The van der Waals surface area contributed by atoms with Crippen LogP contribution in [0.15, 0.2) is 0 Å². The summed E-state index contributed by atoms with van der Waals surface area (Å²) in [6.45, 7) is 5.55. The molecule has 0 aliphatic heterocycles. The van der Waals surface area contributed by atoms with Gasteiger partial charge in [0.15, 0.2) is 6.29 Å². The van der Waals surface area contributed by atoms with Crippen LogP contribution in [0, 0.1) is 11.8 Å². The normalized spacial score (nSPS) is 26.5. The molecule has 0 heterocycles. The van der Waals surface area contributed by atoms with Crippen molar-refractivity contribution in [2.45, 2.75) is 64.7 Å². The molecule has 0 spiro atoms. The van der Waals surface area contributed by atoms with Crippen LogP contribution in [-0.4, -0.2) is 33.1 Å². The third kappa shape index (κ3) is 4.52. The van der Waals surface area contributed by atoms with Gasteiger partial charge in [-0.05, 0) is 37.6 Å². The van der Waals surface area contributed by atoms with Crippen molar-refractivity contribution in [3.63, 3.8) is 0 Å². The van der Waals surface area contributed by atoms with Crippen LogP contribution in [0.25, 0.3) is 0 Å². The molecule has 3 nitrogen and oxygen atoms in total. The summed E-state index contributed by atoms with van der Waals surface area (Å²) in [5.41, 5.74) is 0. The molecule has 1 fully saturated rings. The fourth-order valence-corrected chi connectivity index (χ4v) is 3.14. The van der Waals surface area contributed by atoms with Crippen LogP contribution in [0.1, 0.15) is 52.4 Å². The van der Waals surface area contributed by atoms with Crippen molar-refractivity contribution >= 4 is 0 Å². The molecule has 0 aromatic rings. The van der Waals surface area contributed by atoms with Gasteiger partial charge in [-0.1, -0.05) is 33.1 Å². The van der Waals surface area contributed by atoms with Crippen LogP contribution < -0.4 is 5.32 Å². The van der Waals surface area contributed by atoms with Gasteiger partial charge in [-0.15, -0.1) is 0 Å². The van der Waals surface area contributed by atoms with Gasteiger partial charge in [-0.2, -0.15) is 0 Å². The predicted octanol–water partition coefficient (Wildman–Crippen LogP) is 3.19. The van der Waals surface area contributed by atoms with E-state index < -0.39 is 0 Å². The van der Waals surface area contributed by atoms with Crippen molar-refractivity contribution in [2.24, 2.45) is 11.8 Å². The Morgan fingerprint density at radius 1 is 1.06 bits per heavy atom. The van der Waals surface area contributed by atoms with E-state index in [1.165, 1.54) is 32.1 Å². The Morgan fingerprint density at radius 2 is 1.67 bits per heavy atom. The van der Waals surface area contributed by atoms with Crippen LogP contribution in [0.5, 0.6) is 0 Å². The highest BCUT2D eigenvalue weighted by atomic mass is 16.7. The molecule has 3 heteroatoms. The molecule has 18 heavy (non-hydrogen) atoms. The number of nitrogens with one attached hydrogen (secondary N) is 1. The van der Waals surface area contributed by atoms with Gasteiger partial charge in [-0.3, -0.25) is 0 Å². The Labute approximate surface area is 113 Å². The first kappa shape index (κ1) is 15.9. The van der Waals surface area contributed by atoms with E-state index in [0.717, 1.165) is 18.9 Å². The van der Waals surface area contributed by atoms with Gasteiger partial charge in [-0.25, -0.2) is 0 Å². The molecule has 108 valence electrons. The van der Waals surface area contributed by atoms with E-state index in [1.807, 2.05) is 0 Å². The Morgan fingerprint density at radius 3 is 2.11 bits per heavy atom. The fraction of sp³-hybridized carbons (Fsp3) is 1.00. The number of rotatable bonds is 8. The lowest BCUT2D eigenvalue weighted by atomic mass is 9.77. The maximum atomic E-state index is 5.48.